The van der Waals surface area contributed by atoms with Crippen LogP contribution in [0.3, 0.4) is 0 Å². The van der Waals surface area contributed by atoms with E-state index in [0.29, 0.717) is 6.42 Å². The van der Waals surface area contributed by atoms with Crippen molar-refractivity contribution >= 4 is 35.1 Å². The van der Waals surface area contributed by atoms with Crippen LogP contribution in [-0.2, 0) is 35.8 Å². The summed E-state index contributed by atoms with van der Waals surface area (Å²) in [6, 6.07) is 2.22. The highest BCUT2D eigenvalue weighted by Crippen LogP contribution is 2.57. The van der Waals surface area contributed by atoms with Crippen molar-refractivity contribution in [1.82, 2.24) is 5.32 Å². The molecule has 0 saturated carbocycles. The molecular weight excluding hydrogens is 686 g/mol. The minimum atomic E-state index is -3.26. The van der Waals surface area contributed by atoms with Crippen LogP contribution in [0.1, 0.15) is 88.7 Å². The molecule has 3 aliphatic carbocycles. The number of aliphatic hydroxyl groups excluding tert-OH is 1. The Morgan fingerprint density at radius 1 is 1.04 bits per heavy atom. The van der Waals surface area contributed by atoms with Crippen LogP contribution in [0.25, 0.3) is 0 Å². The SMILES string of the molecule is COC(=O)c1c(C)cc2c(c1OCC(=O)O)[C@]1(O)C(=O)c3cc4c(c(O)c3C(=O)[C@]1(OC)C(O)C2)C(=O)C=C(NC1O[C@@H](C)C(OC)C[C@H]1C)C4=O. The van der Waals surface area contributed by atoms with Gasteiger partial charge in [0.2, 0.25) is 17.3 Å². The van der Waals surface area contributed by atoms with Gasteiger partial charge < -0.3 is 49.4 Å². The Hall–Kier alpha value is -5.00. The van der Waals surface area contributed by atoms with Crippen LogP contribution in [0.2, 0.25) is 0 Å². The summed E-state index contributed by atoms with van der Waals surface area (Å²) in [5.74, 6) is -8.89. The number of ketones is 4. The highest BCUT2D eigenvalue weighted by atomic mass is 16.6. The van der Waals surface area contributed by atoms with Gasteiger partial charge in [-0.25, -0.2) is 9.59 Å². The van der Waals surface area contributed by atoms with Crippen LogP contribution in [0.15, 0.2) is 23.9 Å². The minimum Gasteiger partial charge on any atom is -0.506 e. The molecular formula is C36H37NO15. The van der Waals surface area contributed by atoms with Crippen LogP contribution in [0, 0.1) is 12.8 Å². The molecule has 0 radical (unpaired) electrons. The molecule has 276 valence electrons. The molecule has 52 heavy (non-hydrogen) atoms. The second-order valence-electron chi connectivity index (χ2n) is 13.3. The van der Waals surface area contributed by atoms with E-state index in [2.05, 4.69) is 5.32 Å². The van der Waals surface area contributed by atoms with Crippen molar-refractivity contribution in [2.24, 2.45) is 5.92 Å². The van der Waals surface area contributed by atoms with E-state index < -0.39 is 111 Å². The number of methoxy groups -OCH3 is 3. The molecule has 1 saturated heterocycles. The van der Waals surface area contributed by atoms with Crippen LogP contribution in [-0.4, -0.2) is 114 Å². The average Bonchev–Trinajstić information content (AvgIpc) is 3.09. The van der Waals surface area contributed by atoms with Gasteiger partial charge in [0.25, 0.3) is 0 Å². The van der Waals surface area contributed by atoms with Gasteiger partial charge in [-0.15, -0.1) is 0 Å². The third-order valence-corrected chi connectivity index (χ3v) is 10.4. The van der Waals surface area contributed by atoms with E-state index in [4.69, 9.17) is 23.7 Å². The average molecular weight is 724 g/mol. The number of allylic oxidation sites excluding steroid dienone is 2. The van der Waals surface area contributed by atoms with E-state index in [1.54, 1.807) is 14.0 Å². The number of carboxylic acid groups (broad SMARTS) is 1. The van der Waals surface area contributed by atoms with Crippen molar-refractivity contribution in [2.45, 2.75) is 69.4 Å². The first kappa shape index (κ1) is 36.8. The maximum atomic E-state index is 14.8. The summed E-state index contributed by atoms with van der Waals surface area (Å²) >= 11 is 0. The Morgan fingerprint density at radius 2 is 1.73 bits per heavy atom. The summed E-state index contributed by atoms with van der Waals surface area (Å²) in [4.78, 5) is 81.6. The fourth-order valence-corrected chi connectivity index (χ4v) is 7.96. The first-order valence-electron chi connectivity index (χ1n) is 16.3. The van der Waals surface area contributed by atoms with Gasteiger partial charge >= 0.3 is 11.9 Å². The fourth-order valence-electron chi connectivity index (χ4n) is 7.96. The first-order valence-corrected chi connectivity index (χ1v) is 16.3. The Bertz CT molecular complexity index is 2000. The highest BCUT2D eigenvalue weighted by molar-refractivity contribution is 6.31. The molecule has 7 atom stereocenters. The Balaban J connectivity index is 1.55. The first-order chi connectivity index (χ1) is 24.5. The molecule has 3 unspecified atom stereocenters. The van der Waals surface area contributed by atoms with Gasteiger partial charge in [0, 0.05) is 49.3 Å². The normalized spacial score (nSPS) is 29.3. The van der Waals surface area contributed by atoms with Crippen LogP contribution in [0.4, 0.5) is 0 Å². The molecule has 2 aromatic carbocycles. The van der Waals surface area contributed by atoms with Crippen molar-refractivity contribution in [3.63, 3.8) is 0 Å². The molecule has 1 heterocycles. The number of rotatable bonds is 8. The number of aliphatic hydroxyl groups is 2. The van der Waals surface area contributed by atoms with E-state index in [-0.39, 0.29) is 40.5 Å². The third-order valence-electron chi connectivity index (χ3n) is 10.4. The number of hydrogen-bond donors (Lipinski definition) is 5. The number of phenolic OH excluding ortho intramolecular Hbond substituents is 1. The molecule has 1 fully saturated rings. The zero-order valence-electron chi connectivity index (χ0n) is 29.0. The van der Waals surface area contributed by atoms with Crippen molar-refractivity contribution in [3.8, 4) is 11.5 Å². The van der Waals surface area contributed by atoms with Crippen LogP contribution in [0.5, 0.6) is 11.5 Å². The zero-order chi connectivity index (χ0) is 38.2. The number of nitrogens with one attached hydrogen (secondary N) is 1. The molecule has 4 aliphatic rings. The largest absolute Gasteiger partial charge is 0.506 e. The number of carbonyl (C=O) groups is 6. The minimum absolute atomic E-state index is 0.00721. The van der Waals surface area contributed by atoms with Crippen molar-refractivity contribution in [3.05, 3.63) is 68.4 Å². The summed E-state index contributed by atoms with van der Waals surface area (Å²) < 4.78 is 27.4. The molecule has 1 aliphatic heterocycles. The van der Waals surface area contributed by atoms with Crippen molar-refractivity contribution in [2.75, 3.05) is 27.9 Å². The number of esters is 1. The topological polar surface area (TPSA) is 242 Å². The number of hydrogen-bond acceptors (Lipinski definition) is 15. The molecule has 0 bridgehead atoms. The summed E-state index contributed by atoms with van der Waals surface area (Å²) in [6.07, 6.45) is -2.30. The lowest BCUT2D eigenvalue weighted by atomic mass is 9.56. The molecule has 16 nitrogen and oxygen atoms in total. The predicted molar refractivity (Wildman–Crippen MR) is 175 cm³/mol. The number of carboxylic acids is 1. The zero-order valence-corrected chi connectivity index (χ0v) is 29.0. The number of aliphatic carboxylic acids is 1. The number of Topliss-reactive ketones (excluding diaryl/α,β-unsaturated/α-hetero) is 3. The smallest absolute Gasteiger partial charge is 0.341 e. The van der Waals surface area contributed by atoms with E-state index in [1.165, 1.54) is 13.0 Å². The Morgan fingerprint density at radius 3 is 2.35 bits per heavy atom. The van der Waals surface area contributed by atoms with Gasteiger partial charge in [-0.3, -0.25) is 19.2 Å². The fraction of sp³-hybridized carbons (Fsp3) is 0.444. The Kier molecular flexibility index (Phi) is 9.12. The standard InChI is InChI=1S/C36H37NO15/c1-13-7-16-9-22(39)36(50-6)32(45)26-18(31(44)35(36,47)27(16)30(51-12-23(40)41)24(13)34(46)49-5)10-17-25(29(26)43)20(38)11-19(28(17)42)37-33-14(2)8-21(48-4)15(3)52-33/h7,10-11,14-15,21-22,33,37,39,43,47H,8-9,12H2,1-6H3,(H,40,41)/t14-,15+,21?,22?,33?,35+,36-/m1/s1. The van der Waals surface area contributed by atoms with Crippen molar-refractivity contribution < 1.29 is 72.9 Å². The predicted octanol–water partition coefficient (Wildman–Crippen LogP) is 1.16. The molecule has 0 amide bonds. The summed E-state index contributed by atoms with van der Waals surface area (Å²) in [5.41, 5.74) is -9.83. The van der Waals surface area contributed by atoms with Gasteiger partial charge in [-0.1, -0.05) is 13.0 Å². The lowest BCUT2D eigenvalue weighted by molar-refractivity contribution is -0.181. The van der Waals surface area contributed by atoms with Crippen molar-refractivity contribution in [1.29, 1.82) is 0 Å². The van der Waals surface area contributed by atoms with E-state index in [1.807, 2.05) is 6.92 Å². The number of phenols is 1. The summed E-state index contributed by atoms with van der Waals surface area (Å²) in [6.45, 7) is 4.02. The van der Waals surface area contributed by atoms with E-state index in [0.717, 1.165) is 26.4 Å². The van der Waals surface area contributed by atoms with E-state index >= 15 is 0 Å². The summed E-state index contributed by atoms with van der Waals surface area (Å²) in [5, 5.41) is 48.2. The van der Waals surface area contributed by atoms with Gasteiger partial charge in [0.05, 0.1) is 42.2 Å². The maximum absolute atomic E-state index is 14.8. The number of fused-ring (bicyclic) bond motifs is 5. The second-order valence-corrected chi connectivity index (χ2v) is 13.3. The molecule has 6 rings (SSSR count). The van der Waals surface area contributed by atoms with Crippen LogP contribution < -0.4 is 10.1 Å². The molecule has 16 heteroatoms. The number of carbonyl (C=O) groups excluding carboxylic acids is 5. The van der Waals surface area contributed by atoms with Gasteiger partial charge in [0.1, 0.15) is 23.3 Å². The van der Waals surface area contributed by atoms with Gasteiger partial charge in [0.15, 0.2) is 23.6 Å². The lowest BCUT2D eigenvalue weighted by Gasteiger charge is -2.53. The quantitative estimate of drug-likeness (QED) is 0.240. The monoisotopic (exact) mass is 723 g/mol. The second kappa shape index (κ2) is 12.9. The van der Waals surface area contributed by atoms with Crippen LogP contribution >= 0.6 is 0 Å². The number of benzene rings is 2. The van der Waals surface area contributed by atoms with Gasteiger partial charge in [-0.2, -0.15) is 0 Å². The number of ether oxygens (including phenoxy) is 5. The van der Waals surface area contributed by atoms with E-state index in [9.17, 15) is 49.2 Å². The Labute approximate surface area is 296 Å². The lowest BCUT2D eigenvalue weighted by Crippen LogP contribution is -2.73. The number of aromatic hydroxyl groups is 1. The molecule has 0 spiro atoms. The maximum Gasteiger partial charge on any atom is 0.341 e. The summed E-state index contributed by atoms with van der Waals surface area (Å²) in [7, 11) is 3.50. The molecule has 2 aromatic rings. The highest BCUT2D eigenvalue weighted by Gasteiger charge is 2.73. The molecule has 0 aromatic heterocycles. The number of aryl methyl sites for hydroxylation is 1. The van der Waals surface area contributed by atoms with Gasteiger partial charge in [-0.05, 0) is 37.5 Å². The molecule has 5 N–H and O–H groups in total. The third kappa shape index (κ3) is 5.00.